The third kappa shape index (κ3) is 3.17. The minimum atomic E-state index is -0.489. The molecule has 1 atom stereocenters. The van der Waals surface area contributed by atoms with Gasteiger partial charge in [0.25, 0.3) is 0 Å². The molecule has 0 saturated carbocycles. The number of fused-ring (bicyclic) bond motifs is 3. The summed E-state index contributed by atoms with van der Waals surface area (Å²) in [6, 6.07) is 2.20. The van der Waals surface area contributed by atoms with E-state index in [4.69, 9.17) is 9.47 Å². The highest BCUT2D eigenvalue weighted by molar-refractivity contribution is 5.72. The van der Waals surface area contributed by atoms with Crippen LogP contribution in [0.15, 0.2) is 6.07 Å². The monoisotopic (exact) mass is 332 g/mol. The van der Waals surface area contributed by atoms with Gasteiger partial charge in [0.1, 0.15) is 17.5 Å². The molecule has 0 saturated heterocycles. The van der Waals surface area contributed by atoms with Crippen LogP contribution in [0, 0.1) is 6.92 Å². The number of ether oxygens (including phenoxy) is 2. The maximum atomic E-state index is 11.8. The van der Waals surface area contributed by atoms with Gasteiger partial charge in [-0.1, -0.05) is 19.9 Å². The summed E-state index contributed by atoms with van der Waals surface area (Å²) < 4.78 is 11.5. The summed E-state index contributed by atoms with van der Waals surface area (Å²) in [5, 5.41) is 6.33. The van der Waals surface area contributed by atoms with Gasteiger partial charge < -0.3 is 20.1 Å². The molecule has 0 spiro atoms. The second-order valence-electron chi connectivity index (χ2n) is 8.50. The third-order valence-corrected chi connectivity index (χ3v) is 4.54. The Balaban J connectivity index is 1.71. The topological polar surface area (TPSA) is 59.6 Å². The number of hydrogen-bond donors (Lipinski definition) is 2. The minimum absolute atomic E-state index is 0.0465. The molecule has 1 aromatic carbocycles. The number of benzene rings is 1. The van der Waals surface area contributed by atoms with Crippen LogP contribution in [-0.2, 0) is 16.6 Å². The first-order valence-electron chi connectivity index (χ1n) is 8.61. The molecule has 2 N–H and O–H groups in total. The van der Waals surface area contributed by atoms with Gasteiger partial charge in [-0.3, -0.25) is 0 Å². The molecule has 2 aliphatic heterocycles. The smallest absolute Gasteiger partial charge is 0.407 e. The fourth-order valence-corrected chi connectivity index (χ4v) is 3.51. The molecule has 3 rings (SSSR count). The highest BCUT2D eigenvalue weighted by Gasteiger charge is 2.39. The molecule has 2 aliphatic rings. The summed E-state index contributed by atoms with van der Waals surface area (Å²) >= 11 is 0. The maximum absolute atomic E-state index is 11.8. The maximum Gasteiger partial charge on any atom is 0.407 e. The minimum Gasteiger partial charge on any atom is -0.488 e. The van der Waals surface area contributed by atoms with Crippen molar-refractivity contribution in [1.29, 1.82) is 0 Å². The summed E-state index contributed by atoms with van der Waals surface area (Å²) in [7, 11) is 0. The average Bonchev–Trinajstić information content (AvgIpc) is 2.95. The van der Waals surface area contributed by atoms with E-state index in [9.17, 15) is 4.79 Å². The van der Waals surface area contributed by atoms with Crippen LogP contribution in [-0.4, -0.2) is 30.9 Å². The van der Waals surface area contributed by atoms with E-state index in [1.54, 1.807) is 0 Å². The van der Waals surface area contributed by atoms with E-state index in [0.29, 0.717) is 6.54 Å². The standard InChI is InChI=1S/C19H28N2O3/c1-11-7-12-8-13(9-20-17(22)24-18(2,3)4)23-16(12)14-15(11)21-10-19(14,5)6/h7,13,21H,8-10H2,1-6H3,(H,20,22). The molecular weight excluding hydrogens is 304 g/mol. The van der Waals surface area contributed by atoms with Crippen LogP contribution in [0.3, 0.4) is 0 Å². The summed E-state index contributed by atoms with van der Waals surface area (Å²) in [6.45, 7) is 13.6. The molecule has 0 radical (unpaired) electrons. The second-order valence-corrected chi connectivity index (χ2v) is 8.50. The Morgan fingerprint density at radius 1 is 1.46 bits per heavy atom. The van der Waals surface area contributed by atoms with E-state index in [0.717, 1.165) is 18.7 Å². The third-order valence-electron chi connectivity index (χ3n) is 4.54. The Hall–Kier alpha value is -1.91. The van der Waals surface area contributed by atoms with Gasteiger partial charge in [0.05, 0.1) is 6.54 Å². The van der Waals surface area contributed by atoms with Crippen LogP contribution >= 0.6 is 0 Å². The number of carbonyl (C=O) groups is 1. The number of carbonyl (C=O) groups excluding carboxylic acids is 1. The first-order valence-corrected chi connectivity index (χ1v) is 8.61. The van der Waals surface area contributed by atoms with Gasteiger partial charge in [-0.05, 0) is 38.8 Å². The van der Waals surface area contributed by atoms with E-state index in [1.165, 1.54) is 22.4 Å². The van der Waals surface area contributed by atoms with Gasteiger partial charge >= 0.3 is 6.09 Å². The highest BCUT2D eigenvalue weighted by atomic mass is 16.6. The molecule has 132 valence electrons. The van der Waals surface area contributed by atoms with E-state index >= 15 is 0 Å². The van der Waals surface area contributed by atoms with Crippen LogP contribution in [0.5, 0.6) is 5.75 Å². The Morgan fingerprint density at radius 2 is 2.17 bits per heavy atom. The molecular formula is C19H28N2O3. The number of rotatable bonds is 2. The van der Waals surface area contributed by atoms with Crippen LogP contribution in [0.1, 0.15) is 51.3 Å². The fraction of sp³-hybridized carbons (Fsp3) is 0.632. The Kier molecular flexibility index (Phi) is 3.93. The zero-order chi connectivity index (χ0) is 17.7. The Morgan fingerprint density at radius 3 is 2.83 bits per heavy atom. The van der Waals surface area contributed by atoms with Gasteiger partial charge in [0, 0.05) is 29.6 Å². The normalized spacial score (nSPS) is 20.7. The molecule has 5 nitrogen and oxygen atoms in total. The summed E-state index contributed by atoms with van der Waals surface area (Å²) in [6.07, 6.45) is 0.371. The van der Waals surface area contributed by atoms with Gasteiger partial charge in [-0.2, -0.15) is 0 Å². The predicted octanol–water partition coefficient (Wildman–Crippen LogP) is 3.53. The zero-order valence-electron chi connectivity index (χ0n) is 15.5. The average molecular weight is 332 g/mol. The van der Waals surface area contributed by atoms with Gasteiger partial charge in [-0.25, -0.2) is 4.79 Å². The number of aryl methyl sites for hydroxylation is 1. The van der Waals surface area contributed by atoms with Crippen molar-refractivity contribution in [1.82, 2.24) is 5.32 Å². The first kappa shape index (κ1) is 16.9. The molecule has 0 bridgehead atoms. The fourth-order valence-electron chi connectivity index (χ4n) is 3.51. The van der Waals surface area contributed by atoms with Crippen LogP contribution < -0.4 is 15.4 Å². The quantitative estimate of drug-likeness (QED) is 0.870. The molecule has 0 aromatic heterocycles. The van der Waals surface area contributed by atoms with E-state index in [1.807, 2.05) is 20.8 Å². The summed E-state index contributed by atoms with van der Waals surface area (Å²) in [5.74, 6) is 1.00. The molecule has 0 aliphatic carbocycles. The molecule has 1 amide bonds. The van der Waals surface area contributed by atoms with Crippen molar-refractivity contribution in [2.75, 3.05) is 18.4 Å². The van der Waals surface area contributed by atoms with Crippen LogP contribution in [0.4, 0.5) is 10.5 Å². The van der Waals surface area contributed by atoms with Crippen molar-refractivity contribution in [2.45, 2.75) is 65.1 Å². The summed E-state index contributed by atoms with van der Waals surface area (Å²) in [4.78, 5) is 11.8. The lowest BCUT2D eigenvalue weighted by Crippen LogP contribution is -2.38. The Labute approximate surface area is 144 Å². The van der Waals surface area contributed by atoms with Crippen molar-refractivity contribution < 1.29 is 14.3 Å². The van der Waals surface area contributed by atoms with Crippen molar-refractivity contribution in [3.63, 3.8) is 0 Å². The lowest BCUT2D eigenvalue weighted by atomic mass is 9.84. The van der Waals surface area contributed by atoms with Crippen LogP contribution in [0.2, 0.25) is 0 Å². The predicted molar refractivity (Wildman–Crippen MR) is 95.1 cm³/mol. The molecule has 0 fully saturated rings. The number of alkyl carbamates (subject to hydrolysis) is 1. The Bertz CT molecular complexity index is 674. The van der Waals surface area contributed by atoms with E-state index < -0.39 is 11.7 Å². The van der Waals surface area contributed by atoms with E-state index in [-0.39, 0.29) is 11.5 Å². The molecule has 5 heteroatoms. The number of hydrogen-bond acceptors (Lipinski definition) is 4. The van der Waals surface area contributed by atoms with Gasteiger partial charge in [-0.15, -0.1) is 0 Å². The van der Waals surface area contributed by atoms with E-state index in [2.05, 4.69) is 37.5 Å². The molecule has 2 heterocycles. The summed E-state index contributed by atoms with van der Waals surface area (Å²) in [5.41, 5.74) is 4.55. The molecule has 1 unspecified atom stereocenters. The lowest BCUT2D eigenvalue weighted by Gasteiger charge is -2.22. The van der Waals surface area contributed by atoms with Crippen molar-refractivity contribution >= 4 is 11.8 Å². The first-order chi connectivity index (χ1) is 11.1. The largest absolute Gasteiger partial charge is 0.488 e. The number of nitrogens with one attached hydrogen (secondary N) is 2. The van der Waals surface area contributed by atoms with Crippen molar-refractivity contribution in [2.24, 2.45) is 0 Å². The number of amides is 1. The van der Waals surface area contributed by atoms with Crippen molar-refractivity contribution in [3.8, 4) is 5.75 Å². The zero-order valence-corrected chi connectivity index (χ0v) is 15.5. The highest BCUT2D eigenvalue weighted by Crippen LogP contribution is 2.48. The van der Waals surface area contributed by atoms with Crippen molar-refractivity contribution in [3.05, 3.63) is 22.8 Å². The molecule has 1 aromatic rings. The van der Waals surface area contributed by atoms with Gasteiger partial charge in [0.15, 0.2) is 0 Å². The SMILES string of the molecule is Cc1cc2c(c3c1NCC3(C)C)OC(CNC(=O)OC(C)(C)C)C2. The molecule has 24 heavy (non-hydrogen) atoms. The van der Waals surface area contributed by atoms with Gasteiger partial charge in [0.2, 0.25) is 0 Å². The van der Waals surface area contributed by atoms with Crippen LogP contribution in [0.25, 0.3) is 0 Å². The number of anilines is 1. The lowest BCUT2D eigenvalue weighted by molar-refractivity contribution is 0.0505. The second kappa shape index (κ2) is 5.57.